The van der Waals surface area contributed by atoms with Gasteiger partial charge in [0.15, 0.2) is 0 Å². The Morgan fingerprint density at radius 2 is 1.84 bits per heavy atom. The third kappa shape index (κ3) is 6.08. The number of nitro groups is 1. The van der Waals surface area contributed by atoms with E-state index in [2.05, 4.69) is 5.32 Å². The number of hydrogen-bond acceptors (Lipinski definition) is 4. The minimum absolute atomic E-state index is 0.0659. The number of benzene rings is 2. The lowest BCUT2D eigenvalue weighted by atomic mass is 10.1. The molecule has 0 spiro atoms. The Hall–Kier alpha value is -2.02. The largest absolute Gasteiger partial charge is 0.466 e. The number of non-ortho nitro benzene ring substituents is 1. The third-order valence-corrected chi connectivity index (χ3v) is 3.67. The number of carbonyl (C=O) groups is 1. The summed E-state index contributed by atoms with van der Waals surface area (Å²) in [6.45, 7) is 0. The summed E-state index contributed by atoms with van der Waals surface area (Å²) < 4.78 is 3.47. The molecule has 25 heavy (non-hydrogen) atoms. The maximum absolute atomic E-state index is 12.2. The molecular weight excluding hydrogens is 391 g/mol. The lowest BCUT2D eigenvalue weighted by molar-refractivity contribution is -0.384. The molecule has 0 saturated carbocycles. The molecule has 0 saturated heterocycles. The predicted octanol–water partition coefficient (Wildman–Crippen LogP) is 4.03. The normalized spacial score (nSPS) is 12.3. The Morgan fingerprint density at radius 1 is 1.16 bits per heavy atom. The number of hydrogen-bond donors (Lipinski definition) is 1. The summed E-state index contributed by atoms with van der Waals surface area (Å²) in [5.74, 6) is -0.335. The molecule has 0 aliphatic rings. The van der Waals surface area contributed by atoms with Gasteiger partial charge in [-0.25, -0.2) is 0 Å². The highest BCUT2D eigenvalue weighted by Gasteiger charge is 2.36. The Labute approximate surface area is 158 Å². The van der Waals surface area contributed by atoms with Gasteiger partial charge in [-0.1, -0.05) is 71.2 Å². The van der Waals surface area contributed by atoms with E-state index in [1.807, 2.05) is 6.07 Å². The maximum Gasteiger partial charge on any atom is 0.273 e. The van der Waals surface area contributed by atoms with Gasteiger partial charge in [-0.05, 0) is 11.6 Å². The highest BCUT2D eigenvalue weighted by Crippen LogP contribution is 2.32. The van der Waals surface area contributed by atoms with Crippen LogP contribution in [0.3, 0.4) is 0 Å². The van der Waals surface area contributed by atoms with Crippen LogP contribution in [-0.2, 0) is 11.2 Å². The van der Waals surface area contributed by atoms with Gasteiger partial charge < -0.3 is 10.1 Å². The van der Waals surface area contributed by atoms with Crippen molar-refractivity contribution in [3.05, 3.63) is 70.3 Å². The molecule has 0 heterocycles. The molecule has 6 nitrogen and oxygen atoms in total. The molecule has 132 valence electrons. The summed E-state index contributed by atoms with van der Waals surface area (Å²) in [4.78, 5) is 22.4. The van der Waals surface area contributed by atoms with Gasteiger partial charge in [-0.2, -0.15) is 0 Å². The minimum atomic E-state index is -1.98. The van der Waals surface area contributed by atoms with Crippen LogP contribution in [0.2, 0.25) is 0 Å². The van der Waals surface area contributed by atoms with Gasteiger partial charge in [0.25, 0.3) is 5.69 Å². The molecular formula is C16H13Cl3N2O4. The molecule has 1 amide bonds. The predicted molar refractivity (Wildman–Crippen MR) is 96.1 cm³/mol. The molecule has 1 atom stereocenters. The monoisotopic (exact) mass is 402 g/mol. The van der Waals surface area contributed by atoms with E-state index in [4.69, 9.17) is 39.5 Å². The molecule has 1 N–H and O–H groups in total. The van der Waals surface area contributed by atoms with Crippen LogP contribution in [0.15, 0.2) is 54.6 Å². The molecule has 0 bridgehead atoms. The number of halogens is 3. The highest BCUT2D eigenvalue weighted by atomic mass is 35.6. The van der Waals surface area contributed by atoms with Gasteiger partial charge >= 0.3 is 0 Å². The van der Waals surface area contributed by atoms with Crippen LogP contribution in [0.4, 0.5) is 5.69 Å². The van der Waals surface area contributed by atoms with Crippen molar-refractivity contribution in [3.63, 3.8) is 0 Å². The third-order valence-electron chi connectivity index (χ3n) is 3.08. The molecule has 0 aliphatic carbocycles. The zero-order valence-electron chi connectivity index (χ0n) is 12.7. The van der Waals surface area contributed by atoms with E-state index in [1.54, 1.807) is 24.3 Å². The van der Waals surface area contributed by atoms with Crippen molar-refractivity contribution in [2.45, 2.75) is 16.4 Å². The fourth-order valence-electron chi connectivity index (χ4n) is 1.96. The average Bonchev–Trinajstić information content (AvgIpc) is 2.54. The van der Waals surface area contributed by atoms with Crippen LogP contribution in [-0.4, -0.2) is 20.9 Å². The molecule has 9 heteroatoms. The van der Waals surface area contributed by atoms with Gasteiger partial charge in [0.2, 0.25) is 15.9 Å². The second-order valence-electron chi connectivity index (χ2n) is 5.02. The average molecular weight is 404 g/mol. The van der Waals surface area contributed by atoms with Crippen molar-refractivity contribution in [2.75, 3.05) is 0 Å². The van der Waals surface area contributed by atoms with Gasteiger partial charge in [0.05, 0.1) is 17.4 Å². The first kappa shape index (κ1) is 19.3. The second-order valence-corrected chi connectivity index (χ2v) is 7.39. The summed E-state index contributed by atoms with van der Waals surface area (Å²) >= 11 is 17.6. The van der Waals surface area contributed by atoms with Gasteiger partial charge in [0.1, 0.15) is 5.75 Å². The number of rotatable bonds is 6. The van der Waals surface area contributed by atoms with Crippen LogP contribution in [0.1, 0.15) is 5.56 Å². The number of nitrogens with zero attached hydrogens (tertiary/aromatic N) is 1. The van der Waals surface area contributed by atoms with Gasteiger partial charge in [-0.3, -0.25) is 14.9 Å². The summed E-state index contributed by atoms with van der Waals surface area (Å²) in [7, 11) is 0. The summed E-state index contributed by atoms with van der Waals surface area (Å²) in [6.07, 6.45) is -1.26. The van der Waals surface area contributed by atoms with Crippen LogP contribution in [0.5, 0.6) is 5.75 Å². The zero-order valence-corrected chi connectivity index (χ0v) is 15.0. The van der Waals surface area contributed by atoms with E-state index in [0.717, 1.165) is 5.56 Å². The van der Waals surface area contributed by atoms with E-state index < -0.39 is 20.9 Å². The molecule has 0 aromatic heterocycles. The van der Waals surface area contributed by atoms with Crippen molar-refractivity contribution in [1.29, 1.82) is 0 Å². The first-order valence-electron chi connectivity index (χ1n) is 7.07. The smallest absolute Gasteiger partial charge is 0.273 e. The lowest BCUT2D eigenvalue weighted by Gasteiger charge is -2.26. The minimum Gasteiger partial charge on any atom is -0.466 e. The first-order chi connectivity index (χ1) is 11.8. The van der Waals surface area contributed by atoms with Crippen LogP contribution < -0.4 is 10.1 Å². The second kappa shape index (κ2) is 8.38. The number of alkyl halides is 3. The summed E-state index contributed by atoms with van der Waals surface area (Å²) in [5.41, 5.74) is 0.592. The molecule has 2 aromatic rings. The van der Waals surface area contributed by atoms with E-state index >= 15 is 0 Å². The molecule has 0 radical (unpaired) electrons. The Balaban J connectivity index is 2.10. The van der Waals surface area contributed by atoms with Crippen molar-refractivity contribution in [1.82, 2.24) is 5.32 Å². The number of amides is 1. The van der Waals surface area contributed by atoms with E-state index in [0.29, 0.717) is 0 Å². The first-order valence-corrected chi connectivity index (χ1v) is 8.20. The van der Waals surface area contributed by atoms with Crippen LogP contribution in [0.25, 0.3) is 0 Å². The Morgan fingerprint density at radius 3 is 2.44 bits per heavy atom. The molecule has 0 aliphatic heterocycles. The fourth-order valence-corrected chi connectivity index (χ4v) is 2.26. The molecule has 0 fully saturated rings. The Bertz CT molecular complexity index is 751. The van der Waals surface area contributed by atoms with E-state index in [9.17, 15) is 14.9 Å². The quantitative estimate of drug-likeness (QED) is 0.342. The van der Waals surface area contributed by atoms with Crippen molar-refractivity contribution in [2.24, 2.45) is 0 Å². The maximum atomic E-state index is 12.2. The zero-order chi connectivity index (χ0) is 18.4. The van der Waals surface area contributed by atoms with Crippen molar-refractivity contribution >= 4 is 46.4 Å². The van der Waals surface area contributed by atoms with E-state index in [1.165, 1.54) is 24.3 Å². The standard InChI is InChI=1S/C16H13Cl3N2O4/c17-16(18,19)15(20-14(22)9-11-5-2-1-3-6-11)25-13-8-4-7-12(10-13)21(23)24/h1-8,10,15H,9H2,(H,20,22). The molecule has 2 rings (SSSR count). The lowest BCUT2D eigenvalue weighted by Crippen LogP contribution is -2.48. The molecule has 1 unspecified atom stereocenters. The summed E-state index contributed by atoms with van der Waals surface area (Å²) in [5, 5.41) is 13.3. The van der Waals surface area contributed by atoms with Crippen LogP contribution in [0, 0.1) is 10.1 Å². The van der Waals surface area contributed by atoms with Gasteiger partial charge in [-0.15, -0.1) is 0 Å². The topological polar surface area (TPSA) is 81.5 Å². The summed E-state index contributed by atoms with van der Waals surface area (Å²) in [6, 6.07) is 14.4. The van der Waals surface area contributed by atoms with E-state index in [-0.39, 0.29) is 17.9 Å². The fraction of sp³-hybridized carbons (Fsp3) is 0.188. The van der Waals surface area contributed by atoms with Gasteiger partial charge in [0, 0.05) is 6.07 Å². The number of nitro benzene ring substituents is 1. The number of nitrogens with one attached hydrogen (secondary N) is 1. The Kier molecular flexibility index (Phi) is 6.47. The van der Waals surface area contributed by atoms with Crippen LogP contribution >= 0.6 is 34.8 Å². The SMILES string of the molecule is O=C(Cc1ccccc1)NC(Oc1cccc([N+](=O)[O-])c1)C(Cl)(Cl)Cl. The van der Waals surface area contributed by atoms with Crippen molar-refractivity contribution < 1.29 is 14.5 Å². The number of ether oxygens (including phenoxy) is 1. The van der Waals surface area contributed by atoms with Crippen molar-refractivity contribution in [3.8, 4) is 5.75 Å². The molecule has 2 aromatic carbocycles. The highest BCUT2D eigenvalue weighted by molar-refractivity contribution is 6.68. The number of carbonyl (C=O) groups excluding carboxylic acids is 1.